The third-order valence-electron chi connectivity index (χ3n) is 10.5. The number of para-hydroxylation sites is 2. The number of nitrogens with zero attached hydrogens (tertiary/aromatic N) is 1. The number of benzene rings is 9. The second-order valence-electron chi connectivity index (χ2n) is 13.7. The second-order valence-corrected chi connectivity index (χ2v) is 13.7. The van der Waals surface area contributed by atoms with Gasteiger partial charge in [0.1, 0.15) is 11.2 Å². The highest BCUT2D eigenvalue weighted by atomic mass is 16.3. The largest absolute Gasteiger partial charge is 0.456 e. The molecule has 0 saturated carbocycles. The monoisotopic (exact) mass is 689 g/mol. The van der Waals surface area contributed by atoms with Crippen molar-refractivity contribution < 1.29 is 4.42 Å². The van der Waals surface area contributed by atoms with E-state index in [9.17, 15) is 0 Å². The molecule has 54 heavy (non-hydrogen) atoms. The maximum Gasteiger partial charge on any atom is 0.136 e. The fourth-order valence-corrected chi connectivity index (χ4v) is 7.79. The maximum atomic E-state index is 6.33. The van der Waals surface area contributed by atoms with E-state index < -0.39 is 0 Å². The summed E-state index contributed by atoms with van der Waals surface area (Å²) in [5.74, 6) is 0. The quantitative estimate of drug-likeness (QED) is 0.166. The number of rotatable bonds is 7. The molecule has 10 rings (SSSR count). The average molecular weight is 690 g/mol. The molecule has 254 valence electrons. The van der Waals surface area contributed by atoms with Crippen LogP contribution in [0.3, 0.4) is 0 Å². The van der Waals surface area contributed by atoms with E-state index in [1.165, 1.54) is 44.2 Å². The van der Waals surface area contributed by atoms with Gasteiger partial charge in [0.25, 0.3) is 0 Å². The van der Waals surface area contributed by atoms with Crippen LogP contribution in [-0.4, -0.2) is 0 Å². The first-order chi connectivity index (χ1) is 26.8. The van der Waals surface area contributed by atoms with Crippen LogP contribution in [0.2, 0.25) is 0 Å². The first kappa shape index (κ1) is 31.6. The molecule has 2 heteroatoms. The molecular formula is C52H35NO. The lowest BCUT2D eigenvalue weighted by molar-refractivity contribution is 0.669. The van der Waals surface area contributed by atoms with Crippen LogP contribution in [0.25, 0.3) is 77.2 Å². The Balaban J connectivity index is 1.04. The summed E-state index contributed by atoms with van der Waals surface area (Å²) in [4.78, 5) is 2.36. The van der Waals surface area contributed by atoms with Gasteiger partial charge in [-0.25, -0.2) is 0 Å². The molecule has 0 aliphatic carbocycles. The summed E-state index contributed by atoms with van der Waals surface area (Å²) in [5, 5.41) is 4.79. The Labute approximate surface area is 314 Å². The molecule has 0 aliphatic heterocycles. The molecular weight excluding hydrogens is 655 g/mol. The highest BCUT2D eigenvalue weighted by Gasteiger charge is 2.19. The summed E-state index contributed by atoms with van der Waals surface area (Å²) >= 11 is 0. The van der Waals surface area contributed by atoms with Crippen molar-refractivity contribution in [2.45, 2.75) is 0 Å². The number of fused-ring (bicyclic) bond motifs is 4. The molecule has 1 heterocycles. The highest BCUT2D eigenvalue weighted by Crippen LogP contribution is 2.43. The molecule has 0 aliphatic rings. The minimum absolute atomic E-state index is 0.887. The highest BCUT2D eigenvalue weighted by molar-refractivity contribution is 6.06. The predicted molar refractivity (Wildman–Crippen MR) is 228 cm³/mol. The van der Waals surface area contributed by atoms with Crippen molar-refractivity contribution in [2.75, 3.05) is 4.90 Å². The van der Waals surface area contributed by atoms with Gasteiger partial charge in [-0.2, -0.15) is 0 Å². The lowest BCUT2D eigenvalue weighted by Gasteiger charge is -2.28. The van der Waals surface area contributed by atoms with E-state index in [0.717, 1.165) is 50.1 Å². The molecule has 10 aromatic rings. The van der Waals surface area contributed by atoms with Crippen molar-refractivity contribution in [3.63, 3.8) is 0 Å². The van der Waals surface area contributed by atoms with E-state index in [1.54, 1.807) is 0 Å². The lowest BCUT2D eigenvalue weighted by atomic mass is 9.96. The van der Waals surface area contributed by atoms with Crippen molar-refractivity contribution in [3.05, 3.63) is 212 Å². The summed E-state index contributed by atoms with van der Waals surface area (Å²) < 4.78 is 6.33. The van der Waals surface area contributed by atoms with E-state index in [0.29, 0.717) is 0 Å². The Hall–Kier alpha value is -7.16. The van der Waals surface area contributed by atoms with E-state index in [4.69, 9.17) is 4.42 Å². The normalized spacial score (nSPS) is 11.3. The molecule has 1 aromatic heterocycles. The van der Waals surface area contributed by atoms with Crippen LogP contribution in [0.1, 0.15) is 0 Å². The first-order valence-electron chi connectivity index (χ1n) is 18.4. The second kappa shape index (κ2) is 13.4. The van der Waals surface area contributed by atoms with Crippen molar-refractivity contribution in [1.82, 2.24) is 0 Å². The molecule has 0 fully saturated rings. The molecule has 0 unspecified atom stereocenters. The average Bonchev–Trinajstić information content (AvgIpc) is 3.63. The van der Waals surface area contributed by atoms with Gasteiger partial charge >= 0.3 is 0 Å². The Kier molecular flexibility index (Phi) is 7.85. The van der Waals surface area contributed by atoms with Crippen molar-refractivity contribution in [3.8, 4) is 44.5 Å². The number of hydrogen-bond donors (Lipinski definition) is 0. The number of furan rings is 1. The summed E-state index contributed by atoms with van der Waals surface area (Å²) in [6.07, 6.45) is 0. The first-order valence-corrected chi connectivity index (χ1v) is 18.4. The van der Waals surface area contributed by atoms with Crippen molar-refractivity contribution in [1.29, 1.82) is 0 Å². The van der Waals surface area contributed by atoms with Crippen LogP contribution >= 0.6 is 0 Å². The van der Waals surface area contributed by atoms with Crippen LogP contribution in [0.4, 0.5) is 17.1 Å². The van der Waals surface area contributed by atoms with Crippen molar-refractivity contribution >= 4 is 49.8 Å². The van der Waals surface area contributed by atoms with Gasteiger partial charge in [-0.05, 0) is 98.2 Å². The van der Waals surface area contributed by atoms with Gasteiger partial charge in [0.15, 0.2) is 0 Å². The minimum atomic E-state index is 0.887. The van der Waals surface area contributed by atoms with Crippen LogP contribution in [-0.2, 0) is 0 Å². The van der Waals surface area contributed by atoms with Gasteiger partial charge in [-0.1, -0.05) is 164 Å². The molecule has 0 atom stereocenters. The summed E-state index contributed by atoms with van der Waals surface area (Å²) in [5.41, 5.74) is 14.5. The van der Waals surface area contributed by atoms with Crippen LogP contribution in [0.5, 0.6) is 0 Å². The van der Waals surface area contributed by atoms with Crippen LogP contribution in [0.15, 0.2) is 217 Å². The number of hydrogen-bond acceptors (Lipinski definition) is 2. The third-order valence-corrected chi connectivity index (χ3v) is 10.5. The Morgan fingerprint density at radius 1 is 0.296 bits per heavy atom. The van der Waals surface area contributed by atoms with Crippen LogP contribution < -0.4 is 4.90 Å². The van der Waals surface area contributed by atoms with Gasteiger partial charge in [0.2, 0.25) is 0 Å². The summed E-state index contributed by atoms with van der Waals surface area (Å²) in [6, 6.07) is 75.9. The van der Waals surface area contributed by atoms with E-state index in [1.807, 2.05) is 12.1 Å². The Bertz CT molecular complexity index is 2900. The Morgan fingerprint density at radius 3 is 1.54 bits per heavy atom. The molecule has 2 nitrogen and oxygen atoms in total. The summed E-state index contributed by atoms with van der Waals surface area (Å²) in [6.45, 7) is 0. The molecule has 0 saturated heterocycles. The summed E-state index contributed by atoms with van der Waals surface area (Å²) in [7, 11) is 0. The molecule has 9 aromatic carbocycles. The topological polar surface area (TPSA) is 16.4 Å². The van der Waals surface area contributed by atoms with Gasteiger partial charge in [-0.3, -0.25) is 0 Å². The molecule has 0 amide bonds. The third kappa shape index (κ3) is 5.71. The van der Waals surface area contributed by atoms with Crippen molar-refractivity contribution in [2.24, 2.45) is 0 Å². The Morgan fingerprint density at radius 2 is 0.796 bits per heavy atom. The van der Waals surface area contributed by atoms with Gasteiger partial charge in [-0.15, -0.1) is 0 Å². The fraction of sp³-hybridized carbons (Fsp3) is 0. The zero-order chi connectivity index (χ0) is 35.8. The smallest absolute Gasteiger partial charge is 0.136 e. The van der Waals surface area contributed by atoms with Gasteiger partial charge in [0, 0.05) is 27.7 Å². The fourth-order valence-electron chi connectivity index (χ4n) is 7.79. The van der Waals surface area contributed by atoms with E-state index in [-0.39, 0.29) is 0 Å². The van der Waals surface area contributed by atoms with E-state index >= 15 is 0 Å². The SMILES string of the molecule is c1ccc(-c2ccc(N(c3ccc(-c4ccc(-c5cccc6ccccc56)cc4)cc3)c3ccccc3-c3ccc4c(c3)oc3ccccc34)cc2)cc1. The maximum absolute atomic E-state index is 6.33. The van der Waals surface area contributed by atoms with Gasteiger partial charge < -0.3 is 9.32 Å². The predicted octanol–water partition coefficient (Wildman–Crippen LogP) is 14.9. The zero-order valence-electron chi connectivity index (χ0n) is 29.6. The zero-order valence-corrected chi connectivity index (χ0v) is 29.6. The molecule has 0 radical (unpaired) electrons. The van der Waals surface area contributed by atoms with Gasteiger partial charge in [0.05, 0.1) is 5.69 Å². The molecule has 0 N–H and O–H groups in total. The lowest BCUT2D eigenvalue weighted by Crippen LogP contribution is -2.11. The number of anilines is 3. The molecule has 0 spiro atoms. The molecule has 0 bridgehead atoms. The van der Waals surface area contributed by atoms with Crippen LogP contribution in [0, 0.1) is 0 Å². The van der Waals surface area contributed by atoms with E-state index in [2.05, 4.69) is 205 Å². The standard InChI is InChI=1S/C52H35NO/c1-2-11-36(12-3-1)38-25-30-43(31-26-38)53(50-19-8-6-16-47(50)42-29-34-49-48-17-7-9-20-51(48)54-52(49)35-42)44-32-27-39(28-33-44)37-21-23-41(24-22-37)46-18-10-14-40-13-4-5-15-45(40)46/h1-35H. The minimum Gasteiger partial charge on any atom is -0.456 e.